The molecule has 0 unspecified atom stereocenters. The third-order valence-corrected chi connectivity index (χ3v) is 7.06. The molecule has 2 aliphatic rings. The fourth-order valence-electron chi connectivity index (χ4n) is 4.66. The average molecular weight is 552 g/mol. The molecule has 0 atom stereocenters. The van der Waals surface area contributed by atoms with Crippen LogP contribution in [0, 0.1) is 6.92 Å². The van der Waals surface area contributed by atoms with E-state index in [2.05, 4.69) is 15.2 Å². The number of hydrogen-bond donors (Lipinski definition) is 3. The number of aromatic nitrogens is 1. The van der Waals surface area contributed by atoms with Crippen molar-refractivity contribution in [1.29, 1.82) is 0 Å². The second kappa shape index (κ2) is 12.7. The van der Waals surface area contributed by atoms with Crippen molar-refractivity contribution in [2.45, 2.75) is 32.6 Å². The number of rotatable bonds is 2. The fraction of sp³-hybridized carbons (Fsp3) is 0.357. The number of aryl methyl sites for hydroxylation is 1. The van der Waals surface area contributed by atoms with Gasteiger partial charge in [0.25, 0.3) is 0 Å². The number of primary amides is 1. The van der Waals surface area contributed by atoms with E-state index in [0.717, 1.165) is 47.1 Å². The van der Waals surface area contributed by atoms with Crippen LogP contribution in [-0.4, -0.2) is 65.5 Å². The highest BCUT2D eigenvalue weighted by molar-refractivity contribution is 6.31. The molecule has 0 saturated carbocycles. The number of amides is 5. The summed E-state index contributed by atoms with van der Waals surface area (Å²) >= 11 is 6.01. The van der Waals surface area contributed by atoms with Crippen LogP contribution in [-0.2, 0) is 4.79 Å². The van der Waals surface area contributed by atoms with Gasteiger partial charge in [0.2, 0.25) is 5.91 Å². The number of fused-ring (bicyclic) bond motifs is 1. The number of piperazine rings is 1. The van der Waals surface area contributed by atoms with Crippen molar-refractivity contribution in [3.8, 4) is 0 Å². The molecule has 2 fully saturated rings. The van der Waals surface area contributed by atoms with Crippen LogP contribution in [0.4, 0.5) is 26.8 Å². The van der Waals surface area contributed by atoms with Gasteiger partial charge in [0.15, 0.2) is 0 Å². The monoisotopic (exact) mass is 551 g/mol. The average Bonchev–Trinajstić information content (AvgIpc) is 3.14. The molecule has 0 bridgehead atoms. The lowest BCUT2D eigenvalue weighted by molar-refractivity contribution is -0.127. The van der Waals surface area contributed by atoms with E-state index in [-0.39, 0.29) is 18.0 Å². The SMILES string of the molecule is Cc1ccc(NC(=O)N2CCCCCC2=O)cc1.NC(=O)N1CCN(c2cc(N)nc3cc(Cl)ccc23)CC1. The van der Waals surface area contributed by atoms with Gasteiger partial charge >= 0.3 is 12.1 Å². The number of nitrogen functional groups attached to an aromatic ring is 1. The molecule has 5 amide bonds. The number of hydrogen-bond acceptors (Lipinski definition) is 6. The fourth-order valence-corrected chi connectivity index (χ4v) is 4.82. The van der Waals surface area contributed by atoms with Crippen molar-refractivity contribution in [3.05, 3.63) is 59.1 Å². The molecule has 11 heteroatoms. The highest BCUT2D eigenvalue weighted by Crippen LogP contribution is 2.30. The molecule has 2 aromatic carbocycles. The molecule has 39 heavy (non-hydrogen) atoms. The third kappa shape index (κ3) is 7.29. The second-order valence-corrected chi connectivity index (χ2v) is 10.1. The van der Waals surface area contributed by atoms with Crippen LogP contribution in [0.25, 0.3) is 10.9 Å². The van der Waals surface area contributed by atoms with E-state index >= 15 is 0 Å². The van der Waals surface area contributed by atoms with Gasteiger partial charge in [-0.05, 0) is 50.1 Å². The molecule has 10 nitrogen and oxygen atoms in total. The van der Waals surface area contributed by atoms with Gasteiger partial charge in [0.05, 0.1) is 5.52 Å². The molecule has 1 aromatic heterocycles. The molecule has 0 spiro atoms. The van der Waals surface area contributed by atoms with Gasteiger partial charge in [-0.25, -0.2) is 14.6 Å². The van der Waals surface area contributed by atoms with E-state index < -0.39 is 0 Å². The standard InChI is InChI=1S/C14H16ClN5O.C14H18N2O2/c15-9-1-2-10-11(7-9)18-13(16)8-12(10)19-3-5-20(6-4-19)14(17)21;1-11-6-8-12(9-7-11)15-14(18)16-10-4-2-3-5-13(16)17/h1-2,7-8H,3-6H2,(H2,16,18)(H2,17,21);6-9H,2-5,10H2,1H3,(H,15,18). The van der Waals surface area contributed by atoms with Gasteiger partial charge in [-0.1, -0.05) is 35.7 Å². The van der Waals surface area contributed by atoms with Crippen LogP contribution in [0.15, 0.2) is 48.5 Å². The first-order chi connectivity index (χ1) is 18.7. The quantitative estimate of drug-likeness (QED) is 0.425. The molecule has 3 aromatic rings. The van der Waals surface area contributed by atoms with Crippen molar-refractivity contribution in [2.24, 2.45) is 5.73 Å². The lowest BCUT2D eigenvalue weighted by Crippen LogP contribution is -2.50. The lowest BCUT2D eigenvalue weighted by Gasteiger charge is -2.35. The highest BCUT2D eigenvalue weighted by atomic mass is 35.5. The molecule has 3 heterocycles. The number of benzene rings is 2. The zero-order valence-electron chi connectivity index (χ0n) is 22.0. The first kappa shape index (κ1) is 28.0. The van der Waals surface area contributed by atoms with Gasteiger partial charge in [-0.2, -0.15) is 0 Å². The van der Waals surface area contributed by atoms with E-state index in [9.17, 15) is 14.4 Å². The summed E-state index contributed by atoms with van der Waals surface area (Å²) in [6.07, 6.45) is 3.27. The molecule has 2 saturated heterocycles. The molecule has 0 aliphatic carbocycles. The van der Waals surface area contributed by atoms with Gasteiger partial charge in [0.1, 0.15) is 5.82 Å². The van der Waals surface area contributed by atoms with Crippen LogP contribution < -0.4 is 21.7 Å². The predicted molar refractivity (Wildman–Crippen MR) is 155 cm³/mol. The molecular formula is C28H34ClN7O3. The first-order valence-corrected chi connectivity index (χ1v) is 13.4. The predicted octanol–water partition coefficient (Wildman–Crippen LogP) is 4.60. The summed E-state index contributed by atoms with van der Waals surface area (Å²) in [5, 5.41) is 4.39. The summed E-state index contributed by atoms with van der Waals surface area (Å²) in [7, 11) is 0. The zero-order chi connectivity index (χ0) is 27.9. The van der Waals surface area contributed by atoms with E-state index in [1.807, 2.05) is 49.4 Å². The van der Waals surface area contributed by atoms with E-state index in [1.54, 1.807) is 11.0 Å². The van der Waals surface area contributed by atoms with Crippen molar-refractivity contribution in [2.75, 3.05) is 48.7 Å². The number of nitrogens with two attached hydrogens (primary N) is 2. The number of nitrogens with zero attached hydrogens (tertiary/aromatic N) is 4. The number of pyridine rings is 1. The Labute approximate surface area is 232 Å². The Morgan fingerprint density at radius 3 is 2.36 bits per heavy atom. The van der Waals surface area contributed by atoms with Crippen LogP contribution in [0.2, 0.25) is 5.02 Å². The highest BCUT2D eigenvalue weighted by Gasteiger charge is 2.23. The Morgan fingerprint density at radius 2 is 1.67 bits per heavy atom. The second-order valence-electron chi connectivity index (χ2n) is 9.69. The number of imide groups is 1. The minimum Gasteiger partial charge on any atom is -0.384 e. The van der Waals surface area contributed by atoms with Crippen LogP contribution in [0.5, 0.6) is 0 Å². The van der Waals surface area contributed by atoms with Crippen molar-refractivity contribution >= 4 is 57.7 Å². The first-order valence-electron chi connectivity index (χ1n) is 13.0. The number of halogens is 1. The van der Waals surface area contributed by atoms with E-state index in [4.69, 9.17) is 23.1 Å². The lowest BCUT2D eigenvalue weighted by atomic mass is 10.1. The van der Waals surface area contributed by atoms with Crippen LogP contribution >= 0.6 is 11.6 Å². The minimum absolute atomic E-state index is 0.0721. The van der Waals surface area contributed by atoms with Gasteiger partial charge in [0, 0.05) is 67.0 Å². The summed E-state index contributed by atoms with van der Waals surface area (Å²) in [6, 6.07) is 14.3. The van der Waals surface area contributed by atoms with Gasteiger partial charge in [-0.15, -0.1) is 0 Å². The van der Waals surface area contributed by atoms with Crippen molar-refractivity contribution < 1.29 is 14.4 Å². The maximum atomic E-state index is 12.0. The Morgan fingerprint density at radius 1 is 0.949 bits per heavy atom. The van der Waals surface area contributed by atoms with E-state index in [1.165, 1.54) is 4.90 Å². The molecular weight excluding hydrogens is 518 g/mol. The van der Waals surface area contributed by atoms with Crippen LogP contribution in [0.3, 0.4) is 0 Å². The maximum absolute atomic E-state index is 12.0. The largest absolute Gasteiger partial charge is 0.384 e. The topological polar surface area (TPSA) is 138 Å². The maximum Gasteiger partial charge on any atom is 0.328 e. The Hall–Kier alpha value is -4.05. The number of carbonyl (C=O) groups is 3. The Kier molecular flexibility index (Phi) is 9.08. The summed E-state index contributed by atoms with van der Waals surface area (Å²) in [4.78, 5) is 44.4. The summed E-state index contributed by atoms with van der Waals surface area (Å²) in [6.45, 7) is 5.15. The summed E-state index contributed by atoms with van der Waals surface area (Å²) in [5.74, 6) is 0.384. The summed E-state index contributed by atoms with van der Waals surface area (Å²) < 4.78 is 0. The van der Waals surface area contributed by atoms with Crippen LogP contribution in [0.1, 0.15) is 31.2 Å². The Bertz CT molecular complexity index is 1340. The number of anilines is 3. The molecule has 5 N–H and O–H groups in total. The molecule has 2 aliphatic heterocycles. The molecule has 5 rings (SSSR count). The third-order valence-electron chi connectivity index (χ3n) is 6.82. The number of nitrogens with one attached hydrogen (secondary N) is 1. The molecule has 0 radical (unpaired) electrons. The number of carbonyl (C=O) groups excluding carboxylic acids is 3. The Balaban J connectivity index is 0.000000183. The van der Waals surface area contributed by atoms with Gasteiger partial charge in [-0.3, -0.25) is 9.69 Å². The zero-order valence-corrected chi connectivity index (χ0v) is 22.8. The molecule has 206 valence electrons. The normalized spacial score (nSPS) is 15.8. The number of likely N-dealkylation sites (tertiary alicyclic amines) is 1. The minimum atomic E-state index is -0.375. The smallest absolute Gasteiger partial charge is 0.328 e. The van der Waals surface area contributed by atoms with Crippen molar-refractivity contribution in [1.82, 2.24) is 14.8 Å². The number of urea groups is 2. The van der Waals surface area contributed by atoms with Gasteiger partial charge < -0.3 is 26.6 Å². The van der Waals surface area contributed by atoms with E-state index in [0.29, 0.717) is 50.0 Å². The summed E-state index contributed by atoms with van der Waals surface area (Å²) in [5.41, 5.74) is 14.8. The van der Waals surface area contributed by atoms with Crippen molar-refractivity contribution in [3.63, 3.8) is 0 Å².